The van der Waals surface area contributed by atoms with E-state index in [-0.39, 0.29) is 31.6 Å². The fourth-order valence-electron chi connectivity index (χ4n) is 4.27. The first-order valence-corrected chi connectivity index (χ1v) is 13.1. The summed E-state index contributed by atoms with van der Waals surface area (Å²) in [5, 5.41) is 3.88. The van der Waals surface area contributed by atoms with Crippen molar-refractivity contribution in [3.63, 3.8) is 0 Å². The monoisotopic (exact) mass is 540 g/mol. The molecule has 0 fully saturated rings. The molecule has 2 amide bonds. The fraction of sp³-hybridized carbons (Fsp3) is 0.310. The van der Waals surface area contributed by atoms with Gasteiger partial charge < -0.3 is 19.7 Å². The minimum absolute atomic E-state index is 0.121. The highest BCUT2D eigenvalue weighted by molar-refractivity contribution is 6.36. The molecule has 0 spiro atoms. The quantitative estimate of drug-likeness (QED) is 0.332. The molecule has 1 N–H and O–H groups in total. The molecule has 0 aromatic heterocycles. The molecule has 1 heterocycles. The molecule has 3 aromatic carbocycles. The number of nitrogens with zero attached hydrogens (tertiary/aromatic N) is 1. The Morgan fingerprint density at radius 3 is 2.41 bits per heavy atom. The van der Waals surface area contributed by atoms with Gasteiger partial charge in [0.25, 0.3) is 0 Å². The molecule has 0 saturated carbocycles. The molecular weight excluding hydrogens is 511 g/mol. The van der Waals surface area contributed by atoms with Crippen molar-refractivity contribution in [3.05, 3.63) is 93.5 Å². The van der Waals surface area contributed by atoms with Gasteiger partial charge in [0.2, 0.25) is 18.6 Å². The molecular formula is C29H30Cl2N2O4. The molecule has 6 nitrogen and oxygen atoms in total. The van der Waals surface area contributed by atoms with Gasteiger partial charge >= 0.3 is 0 Å². The minimum Gasteiger partial charge on any atom is -0.454 e. The van der Waals surface area contributed by atoms with Crippen molar-refractivity contribution in [1.82, 2.24) is 10.2 Å². The lowest BCUT2D eigenvalue weighted by atomic mass is 10.0. The number of nitrogens with one attached hydrogen (secondary N) is 1. The summed E-state index contributed by atoms with van der Waals surface area (Å²) < 4.78 is 10.9. The van der Waals surface area contributed by atoms with Crippen LogP contribution in [0.25, 0.3) is 0 Å². The predicted octanol–water partition coefficient (Wildman–Crippen LogP) is 5.82. The average Bonchev–Trinajstić information content (AvgIpc) is 3.38. The number of carbonyl (C=O) groups excluding carboxylic acids is 2. The first-order chi connectivity index (χ1) is 18.0. The highest BCUT2D eigenvalue weighted by atomic mass is 35.5. The van der Waals surface area contributed by atoms with Gasteiger partial charge in [-0.2, -0.15) is 0 Å². The van der Waals surface area contributed by atoms with Crippen LogP contribution < -0.4 is 14.8 Å². The van der Waals surface area contributed by atoms with Gasteiger partial charge in [-0.1, -0.05) is 72.6 Å². The van der Waals surface area contributed by atoms with Gasteiger partial charge in [-0.25, -0.2) is 0 Å². The molecule has 0 aliphatic carbocycles. The number of amides is 2. The number of rotatable bonds is 11. The Labute approximate surface area is 227 Å². The molecule has 0 radical (unpaired) electrons. The van der Waals surface area contributed by atoms with Crippen LogP contribution in [0.2, 0.25) is 10.0 Å². The van der Waals surface area contributed by atoms with Crippen molar-refractivity contribution in [2.24, 2.45) is 0 Å². The van der Waals surface area contributed by atoms with Crippen LogP contribution in [0.3, 0.4) is 0 Å². The second-order valence-corrected chi connectivity index (χ2v) is 9.72. The van der Waals surface area contributed by atoms with Crippen molar-refractivity contribution in [1.29, 1.82) is 0 Å². The summed E-state index contributed by atoms with van der Waals surface area (Å²) in [7, 11) is 0. The third-order valence-corrected chi connectivity index (χ3v) is 6.98. The van der Waals surface area contributed by atoms with E-state index in [9.17, 15) is 9.59 Å². The van der Waals surface area contributed by atoms with Gasteiger partial charge in [-0.05, 0) is 48.2 Å². The van der Waals surface area contributed by atoms with Gasteiger partial charge in [-0.3, -0.25) is 9.59 Å². The van der Waals surface area contributed by atoms with E-state index in [1.165, 1.54) is 0 Å². The largest absolute Gasteiger partial charge is 0.454 e. The fourth-order valence-corrected chi connectivity index (χ4v) is 4.78. The van der Waals surface area contributed by atoms with Crippen LogP contribution in [0, 0.1) is 0 Å². The summed E-state index contributed by atoms with van der Waals surface area (Å²) in [5.41, 5.74) is 2.52. The van der Waals surface area contributed by atoms with Crippen molar-refractivity contribution < 1.29 is 19.1 Å². The Bertz CT molecular complexity index is 1220. The molecule has 194 valence electrons. The lowest BCUT2D eigenvalue weighted by Crippen LogP contribution is -2.50. The van der Waals surface area contributed by atoms with Gasteiger partial charge in [0.05, 0.1) is 0 Å². The van der Waals surface area contributed by atoms with E-state index in [2.05, 4.69) is 5.32 Å². The van der Waals surface area contributed by atoms with E-state index < -0.39 is 6.04 Å². The van der Waals surface area contributed by atoms with Crippen LogP contribution >= 0.6 is 23.2 Å². The number of hydrogen-bond donors (Lipinski definition) is 1. The molecule has 1 aliphatic rings. The van der Waals surface area contributed by atoms with Crippen LogP contribution in [0.1, 0.15) is 36.5 Å². The van der Waals surface area contributed by atoms with Gasteiger partial charge in [0, 0.05) is 41.5 Å². The van der Waals surface area contributed by atoms with E-state index in [1.807, 2.05) is 55.5 Å². The maximum atomic E-state index is 13.8. The van der Waals surface area contributed by atoms with Crippen LogP contribution in [-0.2, 0) is 29.0 Å². The summed E-state index contributed by atoms with van der Waals surface area (Å²) >= 11 is 13.0. The summed E-state index contributed by atoms with van der Waals surface area (Å²) in [5.74, 6) is 0.998. The molecule has 8 heteroatoms. The molecule has 3 aromatic rings. The number of fused-ring (bicyclic) bond motifs is 1. The number of ether oxygens (including phenoxy) is 2. The molecule has 1 atom stereocenters. The maximum absolute atomic E-state index is 13.8. The van der Waals surface area contributed by atoms with Crippen molar-refractivity contribution in [2.75, 3.05) is 13.3 Å². The number of benzene rings is 3. The molecule has 0 saturated heterocycles. The highest BCUT2D eigenvalue weighted by Crippen LogP contribution is 2.33. The van der Waals surface area contributed by atoms with Crippen LogP contribution in [-0.4, -0.2) is 36.1 Å². The summed E-state index contributed by atoms with van der Waals surface area (Å²) in [6, 6.07) is 19.8. The van der Waals surface area contributed by atoms with E-state index in [1.54, 1.807) is 23.1 Å². The molecule has 4 rings (SSSR count). The normalized spacial score (nSPS) is 12.7. The van der Waals surface area contributed by atoms with Crippen LogP contribution in [0.4, 0.5) is 0 Å². The Morgan fingerprint density at radius 1 is 0.946 bits per heavy atom. The maximum Gasteiger partial charge on any atom is 0.243 e. The molecule has 37 heavy (non-hydrogen) atoms. The predicted molar refractivity (Wildman–Crippen MR) is 145 cm³/mol. The summed E-state index contributed by atoms with van der Waals surface area (Å²) in [6.07, 6.45) is 1.84. The number of hydrogen-bond acceptors (Lipinski definition) is 4. The smallest absolute Gasteiger partial charge is 0.243 e. The van der Waals surface area contributed by atoms with Crippen molar-refractivity contribution >= 4 is 35.0 Å². The zero-order valence-corrected chi connectivity index (χ0v) is 22.2. The van der Waals surface area contributed by atoms with E-state index in [4.69, 9.17) is 32.7 Å². The number of carbonyl (C=O) groups is 2. The zero-order valence-electron chi connectivity index (χ0n) is 20.7. The van der Waals surface area contributed by atoms with E-state index in [0.717, 1.165) is 17.5 Å². The highest BCUT2D eigenvalue weighted by Gasteiger charge is 2.31. The van der Waals surface area contributed by atoms with E-state index >= 15 is 0 Å². The lowest BCUT2D eigenvalue weighted by Gasteiger charge is -2.32. The Kier molecular flexibility index (Phi) is 9.31. The second kappa shape index (κ2) is 12.8. The third kappa shape index (κ3) is 6.96. The summed E-state index contributed by atoms with van der Waals surface area (Å²) in [4.78, 5) is 28.8. The van der Waals surface area contributed by atoms with Crippen LogP contribution in [0.5, 0.6) is 11.5 Å². The second-order valence-electron chi connectivity index (χ2n) is 8.91. The summed E-state index contributed by atoms with van der Waals surface area (Å²) in [6.45, 7) is 2.83. The van der Waals surface area contributed by atoms with Gasteiger partial charge in [-0.15, -0.1) is 0 Å². The van der Waals surface area contributed by atoms with E-state index in [0.29, 0.717) is 46.5 Å². The average molecular weight is 541 g/mol. The molecule has 0 unspecified atom stereocenters. The topological polar surface area (TPSA) is 67.9 Å². The number of halogens is 2. The SMILES string of the molecule is CCCNC(=O)[C@H](Cc1ccccc1)N(Cc1c(Cl)cccc1Cl)C(=O)CCc1ccc2c(c1)OCO2. The first-order valence-electron chi connectivity index (χ1n) is 12.4. The van der Waals surface area contributed by atoms with Crippen molar-refractivity contribution in [3.8, 4) is 11.5 Å². The number of aryl methyl sites for hydroxylation is 1. The van der Waals surface area contributed by atoms with Gasteiger partial charge in [0.15, 0.2) is 11.5 Å². The van der Waals surface area contributed by atoms with Crippen molar-refractivity contribution in [2.45, 2.75) is 45.2 Å². The lowest BCUT2D eigenvalue weighted by molar-refractivity contribution is -0.141. The minimum atomic E-state index is -0.731. The van der Waals surface area contributed by atoms with Gasteiger partial charge in [0.1, 0.15) is 6.04 Å². The third-order valence-electron chi connectivity index (χ3n) is 6.27. The molecule has 0 bridgehead atoms. The Morgan fingerprint density at radius 2 is 1.68 bits per heavy atom. The van der Waals surface area contributed by atoms with Crippen LogP contribution in [0.15, 0.2) is 66.7 Å². The molecule has 1 aliphatic heterocycles. The Hall–Kier alpha value is -3.22. The standard InChI is InChI=1S/C29H30Cl2N2O4/c1-2-15-32-29(35)25(16-20-7-4-3-5-8-20)33(18-22-23(30)9-6-10-24(22)31)28(34)14-12-21-11-13-26-27(17-21)37-19-36-26/h3-11,13,17,25H,2,12,14-16,18-19H2,1H3,(H,32,35)/t25-/m0/s1. The first kappa shape index (κ1) is 26.8. The zero-order chi connectivity index (χ0) is 26.2. The Balaban J connectivity index is 1.62.